The molecule has 1 aromatic rings. The number of hydrogen-bond donors (Lipinski definition) is 1. The fraction of sp³-hybridized carbons (Fsp3) is 0.375. The van der Waals surface area contributed by atoms with E-state index in [9.17, 15) is 13.2 Å². The Bertz CT molecular complexity index is 311. The van der Waals surface area contributed by atoms with E-state index in [1.807, 2.05) is 0 Å². The Hall–Kier alpha value is -1.46. The number of pyridine rings is 1. The lowest BCUT2D eigenvalue weighted by Gasteiger charge is -2.21. The van der Waals surface area contributed by atoms with Crippen LogP contribution in [0, 0.1) is 0 Å². The fourth-order valence-corrected chi connectivity index (χ4v) is 1.10. The van der Waals surface area contributed by atoms with Gasteiger partial charge < -0.3 is 10.6 Å². The molecule has 0 aromatic carbocycles. The smallest absolute Gasteiger partial charge is 0.396 e. The van der Waals surface area contributed by atoms with Crippen molar-refractivity contribution in [1.82, 2.24) is 4.98 Å². The minimum absolute atomic E-state index is 0.235. The molecule has 1 heterocycles. The molecule has 0 aliphatic rings. The molecular formula is C8H10F3N3. The van der Waals surface area contributed by atoms with Gasteiger partial charge in [-0.1, -0.05) is 0 Å². The molecular weight excluding hydrogens is 195 g/mol. The Kier molecular flexibility index (Phi) is 2.83. The zero-order chi connectivity index (χ0) is 10.8. The summed E-state index contributed by atoms with van der Waals surface area (Å²) in [4.78, 5) is 4.73. The summed E-state index contributed by atoms with van der Waals surface area (Å²) in [5.74, 6) is 0. The SMILES string of the molecule is CN(CC(F)(F)F)c1ccncc1N. The third kappa shape index (κ3) is 2.79. The molecule has 1 rings (SSSR count). The van der Waals surface area contributed by atoms with E-state index in [1.165, 1.54) is 25.5 Å². The van der Waals surface area contributed by atoms with Crippen molar-refractivity contribution in [2.75, 3.05) is 24.2 Å². The van der Waals surface area contributed by atoms with E-state index < -0.39 is 12.7 Å². The molecule has 0 unspecified atom stereocenters. The Labute approximate surface area is 79.3 Å². The highest BCUT2D eigenvalue weighted by molar-refractivity contribution is 5.65. The first-order valence-corrected chi connectivity index (χ1v) is 3.87. The summed E-state index contributed by atoms with van der Waals surface area (Å²) >= 11 is 0. The highest BCUT2D eigenvalue weighted by Gasteiger charge is 2.29. The van der Waals surface area contributed by atoms with Crippen LogP contribution < -0.4 is 10.6 Å². The first kappa shape index (κ1) is 10.6. The molecule has 0 aliphatic carbocycles. The lowest BCUT2D eigenvalue weighted by molar-refractivity contribution is -0.119. The van der Waals surface area contributed by atoms with Crippen molar-refractivity contribution in [2.45, 2.75) is 6.18 Å². The topological polar surface area (TPSA) is 42.2 Å². The van der Waals surface area contributed by atoms with Gasteiger partial charge in [0.05, 0.1) is 17.6 Å². The van der Waals surface area contributed by atoms with E-state index in [-0.39, 0.29) is 5.69 Å². The molecule has 0 atom stereocenters. The highest BCUT2D eigenvalue weighted by atomic mass is 19.4. The van der Waals surface area contributed by atoms with Crippen molar-refractivity contribution in [3.8, 4) is 0 Å². The number of anilines is 2. The number of nitrogens with zero attached hydrogens (tertiary/aromatic N) is 2. The van der Waals surface area contributed by atoms with Crippen molar-refractivity contribution in [1.29, 1.82) is 0 Å². The molecule has 0 saturated heterocycles. The average molecular weight is 205 g/mol. The number of nitrogen functional groups attached to an aromatic ring is 1. The van der Waals surface area contributed by atoms with E-state index in [0.717, 1.165) is 4.90 Å². The van der Waals surface area contributed by atoms with E-state index in [1.54, 1.807) is 0 Å². The maximum Gasteiger partial charge on any atom is 0.405 e. The van der Waals surface area contributed by atoms with Crippen LogP contribution in [0.1, 0.15) is 0 Å². The van der Waals surface area contributed by atoms with Crippen LogP contribution in [0.25, 0.3) is 0 Å². The van der Waals surface area contributed by atoms with E-state index in [4.69, 9.17) is 5.73 Å². The minimum atomic E-state index is -4.23. The second-order valence-corrected chi connectivity index (χ2v) is 2.91. The molecule has 2 N–H and O–H groups in total. The second kappa shape index (κ2) is 3.73. The normalized spacial score (nSPS) is 11.4. The lowest BCUT2D eigenvalue weighted by atomic mass is 10.3. The van der Waals surface area contributed by atoms with Crippen molar-refractivity contribution in [3.05, 3.63) is 18.5 Å². The van der Waals surface area contributed by atoms with Gasteiger partial charge in [0.1, 0.15) is 6.54 Å². The van der Waals surface area contributed by atoms with Crippen molar-refractivity contribution in [2.24, 2.45) is 0 Å². The van der Waals surface area contributed by atoms with Crippen molar-refractivity contribution >= 4 is 11.4 Å². The molecule has 0 radical (unpaired) electrons. The van der Waals surface area contributed by atoms with Gasteiger partial charge in [-0.3, -0.25) is 4.98 Å². The number of alkyl halides is 3. The second-order valence-electron chi connectivity index (χ2n) is 2.91. The van der Waals surface area contributed by atoms with Crippen LogP contribution in [0.3, 0.4) is 0 Å². The van der Waals surface area contributed by atoms with Crippen LogP contribution in [0.15, 0.2) is 18.5 Å². The molecule has 0 spiro atoms. The first-order valence-electron chi connectivity index (χ1n) is 3.87. The molecule has 14 heavy (non-hydrogen) atoms. The standard InChI is InChI=1S/C8H10F3N3/c1-14(5-8(9,10)11)7-2-3-13-4-6(7)12/h2-4H,5,12H2,1H3. The summed E-state index contributed by atoms with van der Waals surface area (Å²) < 4.78 is 36.1. The van der Waals surface area contributed by atoms with Gasteiger partial charge in [-0.15, -0.1) is 0 Å². The fourth-order valence-electron chi connectivity index (χ4n) is 1.10. The number of aromatic nitrogens is 1. The van der Waals surface area contributed by atoms with Crippen LogP contribution in [0.2, 0.25) is 0 Å². The average Bonchev–Trinajstić information content (AvgIpc) is 2.01. The van der Waals surface area contributed by atoms with Gasteiger partial charge in [0, 0.05) is 13.2 Å². The Morgan fingerprint density at radius 2 is 2.14 bits per heavy atom. The van der Waals surface area contributed by atoms with Crippen LogP contribution in [-0.4, -0.2) is 24.8 Å². The number of halogens is 3. The quantitative estimate of drug-likeness (QED) is 0.798. The molecule has 3 nitrogen and oxygen atoms in total. The van der Waals surface area contributed by atoms with Crippen LogP contribution in [0.4, 0.5) is 24.5 Å². The number of rotatable bonds is 2. The Morgan fingerprint density at radius 3 is 2.64 bits per heavy atom. The first-order chi connectivity index (χ1) is 6.40. The molecule has 0 fully saturated rings. The van der Waals surface area contributed by atoms with E-state index in [2.05, 4.69) is 4.98 Å². The zero-order valence-electron chi connectivity index (χ0n) is 7.54. The van der Waals surface area contributed by atoms with Gasteiger partial charge in [-0.05, 0) is 6.07 Å². The Morgan fingerprint density at radius 1 is 1.50 bits per heavy atom. The molecule has 0 aliphatic heterocycles. The molecule has 6 heteroatoms. The Balaban J connectivity index is 2.80. The summed E-state index contributed by atoms with van der Waals surface area (Å²) in [7, 11) is 1.33. The summed E-state index contributed by atoms with van der Waals surface area (Å²) in [5.41, 5.74) is 6.04. The molecule has 0 bridgehead atoms. The highest BCUT2D eigenvalue weighted by Crippen LogP contribution is 2.24. The summed E-state index contributed by atoms with van der Waals surface area (Å²) in [5, 5.41) is 0. The predicted molar refractivity (Wildman–Crippen MR) is 48.0 cm³/mol. The largest absolute Gasteiger partial charge is 0.405 e. The number of hydrogen-bond acceptors (Lipinski definition) is 3. The maximum atomic E-state index is 12.0. The van der Waals surface area contributed by atoms with E-state index >= 15 is 0 Å². The third-order valence-electron chi connectivity index (χ3n) is 1.66. The lowest BCUT2D eigenvalue weighted by Crippen LogP contribution is -2.31. The van der Waals surface area contributed by atoms with Crippen molar-refractivity contribution < 1.29 is 13.2 Å². The summed E-state index contributed by atoms with van der Waals surface area (Å²) in [6.07, 6.45) is -1.51. The third-order valence-corrected chi connectivity index (χ3v) is 1.66. The van der Waals surface area contributed by atoms with Gasteiger partial charge in [-0.2, -0.15) is 13.2 Å². The zero-order valence-corrected chi connectivity index (χ0v) is 7.54. The minimum Gasteiger partial charge on any atom is -0.396 e. The summed E-state index contributed by atoms with van der Waals surface area (Å²) in [6, 6.07) is 1.45. The number of nitrogens with two attached hydrogens (primary N) is 1. The van der Waals surface area contributed by atoms with Gasteiger partial charge in [-0.25, -0.2) is 0 Å². The maximum absolute atomic E-state index is 12.0. The molecule has 1 aromatic heterocycles. The van der Waals surface area contributed by atoms with Crippen molar-refractivity contribution in [3.63, 3.8) is 0 Å². The van der Waals surface area contributed by atoms with Gasteiger partial charge in [0.15, 0.2) is 0 Å². The summed E-state index contributed by atoms with van der Waals surface area (Å²) in [6.45, 7) is -1.03. The van der Waals surface area contributed by atoms with Crippen LogP contribution in [0.5, 0.6) is 0 Å². The monoisotopic (exact) mass is 205 g/mol. The van der Waals surface area contributed by atoms with Gasteiger partial charge >= 0.3 is 6.18 Å². The van der Waals surface area contributed by atoms with Gasteiger partial charge in [0.25, 0.3) is 0 Å². The van der Waals surface area contributed by atoms with Gasteiger partial charge in [0.2, 0.25) is 0 Å². The predicted octanol–water partition coefficient (Wildman–Crippen LogP) is 1.66. The van der Waals surface area contributed by atoms with Crippen LogP contribution >= 0.6 is 0 Å². The molecule has 0 amide bonds. The van der Waals surface area contributed by atoms with Crippen LogP contribution in [-0.2, 0) is 0 Å². The molecule has 0 saturated carbocycles. The molecule has 78 valence electrons. The van der Waals surface area contributed by atoms with E-state index in [0.29, 0.717) is 5.69 Å².